The lowest BCUT2D eigenvalue weighted by molar-refractivity contribution is -0.118. The van der Waals surface area contributed by atoms with Gasteiger partial charge < -0.3 is 14.8 Å². The van der Waals surface area contributed by atoms with Gasteiger partial charge in [-0.2, -0.15) is 9.78 Å². The van der Waals surface area contributed by atoms with Gasteiger partial charge in [0, 0.05) is 0 Å². The fourth-order valence-corrected chi connectivity index (χ4v) is 2.73. The average molecular weight is 446 g/mol. The van der Waals surface area contributed by atoms with Gasteiger partial charge in [-0.15, -0.1) is 0 Å². The Morgan fingerprint density at radius 2 is 1.87 bits per heavy atom. The van der Waals surface area contributed by atoms with E-state index in [1.165, 1.54) is 12.1 Å². The van der Waals surface area contributed by atoms with Gasteiger partial charge in [-0.3, -0.25) is 9.59 Å². The molecule has 160 valence electrons. The van der Waals surface area contributed by atoms with E-state index in [2.05, 4.69) is 10.4 Å². The lowest BCUT2D eigenvalue weighted by Crippen LogP contribution is -2.27. The summed E-state index contributed by atoms with van der Waals surface area (Å²) in [7, 11) is 0. The van der Waals surface area contributed by atoms with E-state index in [-0.39, 0.29) is 23.7 Å². The minimum atomic E-state index is -0.847. The van der Waals surface area contributed by atoms with Gasteiger partial charge >= 0.3 is 5.97 Å². The number of hydrogen-bond donors (Lipinski definition) is 1. The predicted octanol–water partition coefficient (Wildman–Crippen LogP) is 3.22. The summed E-state index contributed by atoms with van der Waals surface area (Å²) in [4.78, 5) is 37.0. The predicted molar refractivity (Wildman–Crippen MR) is 111 cm³/mol. The molecule has 0 atom stereocenters. The van der Waals surface area contributed by atoms with Crippen molar-refractivity contribution in [3.63, 3.8) is 0 Å². The summed E-state index contributed by atoms with van der Waals surface area (Å²) in [6.07, 6.45) is 0. The zero-order valence-corrected chi connectivity index (χ0v) is 17.1. The second-order valence-electron chi connectivity index (χ2n) is 6.12. The van der Waals surface area contributed by atoms with E-state index in [9.17, 15) is 18.8 Å². The third-order valence-electron chi connectivity index (χ3n) is 3.94. The third-order valence-corrected chi connectivity index (χ3v) is 4.27. The normalized spacial score (nSPS) is 10.4. The van der Waals surface area contributed by atoms with Crippen LogP contribution in [0.2, 0.25) is 5.02 Å². The Morgan fingerprint density at radius 3 is 2.55 bits per heavy atom. The number of benzene rings is 2. The van der Waals surface area contributed by atoms with Crippen molar-refractivity contribution in [3.05, 3.63) is 81.5 Å². The fraction of sp³-hybridized carbons (Fsp3) is 0.143. The standard InChI is InChI=1S/C21H17ClFN3O5/c1-2-30-21(29)20-17(31-12-18(27)24-16-6-4-3-5-15(16)22)11-19(28)26(25-20)14-9-7-13(23)8-10-14/h3-11H,2,12H2,1H3,(H,24,27). The molecular formula is C21H17ClFN3O5. The monoisotopic (exact) mass is 445 g/mol. The zero-order valence-electron chi connectivity index (χ0n) is 16.3. The van der Waals surface area contributed by atoms with Crippen LogP contribution in [-0.4, -0.2) is 34.9 Å². The Kier molecular flexibility index (Phi) is 6.99. The van der Waals surface area contributed by atoms with Crippen molar-refractivity contribution in [2.75, 3.05) is 18.5 Å². The van der Waals surface area contributed by atoms with Gasteiger partial charge in [-0.25, -0.2) is 9.18 Å². The van der Waals surface area contributed by atoms with Gasteiger partial charge in [0.2, 0.25) is 5.69 Å². The number of amides is 1. The molecule has 2 aromatic carbocycles. The van der Waals surface area contributed by atoms with E-state index >= 15 is 0 Å². The second kappa shape index (κ2) is 9.86. The van der Waals surface area contributed by atoms with Gasteiger partial charge in [-0.1, -0.05) is 23.7 Å². The number of carbonyl (C=O) groups is 2. The SMILES string of the molecule is CCOC(=O)c1nn(-c2ccc(F)cc2)c(=O)cc1OCC(=O)Nc1ccccc1Cl. The van der Waals surface area contributed by atoms with Crippen LogP contribution in [-0.2, 0) is 9.53 Å². The maximum atomic E-state index is 13.2. The number of hydrogen-bond acceptors (Lipinski definition) is 6. The number of para-hydroxylation sites is 1. The van der Waals surface area contributed by atoms with Crippen molar-refractivity contribution in [2.24, 2.45) is 0 Å². The minimum absolute atomic E-state index is 0.0582. The van der Waals surface area contributed by atoms with E-state index in [0.717, 1.165) is 22.9 Å². The van der Waals surface area contributed by atoms with Crippen molar-refractivity contribution < 1.29 is 23.5 Å². The van der Waals surface area contributed by atoms with E-state index < -0.39 is 29.9 Å². The number of halogens is 2. The Morgan fingerprint density at radius 1 is 1.16 bits per heavy atom. The fourth-order valence-electron chi connectivity index (χ4n) is 2.55. The summed E-state index contributed by atoms with van der Waals surface area (Å²) in [6, 6.07) is 12.6. The van der Waals surface area contributed by atoms with Gasteiger partial charge in [0.15, 0.2) is 12.4 Å². The lowest BCUT2D eigenvalue weighted by Gasteiger charge is -2.13. The molecule has 0 aliphatic heterocycles. The maximum absolute atomic E-state index is 13.2. The van der Waals surface area contributed by atoms with Crippen LogP contribution in [0.4, 0.5) is 10.1 Å². The summed E-state index contributed by atoms with van der Waals surface area (Å²) in [5, 5.41) is 6.90. The molecule has 0 unspecified atom stereocenters. The minimum Gasteiger partial charge on any atom is -0.481 e. The molecule has 31 heavy (non-hydrogen) atoms. The highest BCUT2D eigenvalue weighted by Gasteiger charge is 2.21. The molecule has 1 N–H and O–H groups in total. The van der Waals surface area contributed by atoms with Crippen LogP contribution < -0.4 is 15.6 Å². The maximum Gasteiger partial charge on any atom is 0.362 e. The lowest BCUT2D eigenvalue weighted by atomic mass is 10.3. The van der Waals surface area contributed by atoms with Crippen LogP contribution in [0.1, 0.15) is 17.4 Å². The Hall–Kier alpha value is -3.72. The highest BCUT2D eigenvalue weighted by molar-refractivity contribution is 6.33. The number of rotatable bonds is 7. The first-order valence-electron chi connectivity index (χ1n) is 9.13. The Bertz CT molecular complexity index is 1160. The first-order valence-corrected chi connectivity index (χ1v) is 9.51. The molecule has 0 spiro atoms. The van der Waals surface area contributed by atoms with Crippen LogP contribution in [0.3, 0.4) is 0 Å². The van der Waals surface area contributed by atoms with Crippen LogP contribution in [0.15, 0.2) is 59.4 Å². The molecule has 10 heteroatoms. The average Bonchev–Trinajstić information content (AvgIpc) is 2.75. The number of nitrogens with zero attached hydrogens (tertiary/aromatic N) is 2. The quantitative estimate of drug-likeness (QED) is 0.560. The molecule has 0 saturated carbocycles. The number of aromatic nitrogens is 2. The summed E-state index contributed by atoms with van der Waals surface area (Å²) in [5.41, 5.74) is -0.342. The van der Waals surface area contributed by atoms with Crippen molar-refractivity contribution in [1.29, 1.82) is 0 Å². The summed E-state index contributed by atoms with van der Waals surface area (Å²) < 4.78 is 24.4. The van der Waals surface area contributed by atoms with E-state index in [1.54, 1.807) is 31.2 Å². The molecule has 0 saturated heterocycles. The molecule has 0 fully saturated rings. The summed E-state index contributed by atoms with van der Waals surface area (Å²) >= 11 is 6.00. The molecule has 0 radical (unpaired) electrons. The van der Waals surface area contributed by atoms with Crippen molar-refractivity contribution in [2.45, 2.75) is 6.92 Å². The number of carbonyl (C=O) groups excluding carboxylic acids is 2. The largest absolute Gasteiger partial charge is 0.481 e. The van der Waals surface area contributed by atoms with Crippen molar-refractivity contribution in [3.8, 4) is 11.4 Å². The summed E-state index contributed by atoms with van der Waals surface area (Å²) in [5.74, 6) is -2.13. The molecule has 8 nitrogen and oxygen atoms in total. The van der Waals surface area contributed by atoms with Gasteiger partial charge in [-0.05, 0) is 43.3 Å². The molecule has 1 heterocycles. The van der Waals surface area contributed by atoms with Crippen LogP contribution in [0.25, 0.3) is 5.69 Å². The molecule has 1 aromatic heterocycles. The molecule has 0 aliphatic carbocycles. The smallest absolute Gasteiger partial charge is 0.362 e. The van der Waals surface area contributed by atoms with Gasteiger partial charge in [0.05, 0.1) is 29.1 Å². The van der Waals surface area contributed by atoms with Crippen LogP contribution >= 0.6 is 11.6 Å². The van der Waals surface area contributed by atoms with Crippen LogP contribution in [0, 0.1) is 5.82 Å². The second-order valence-corrected chi connectivity index (χ2v) is 6.53. The number of esters is 1. The third kappa shape index (κ3) is 5.46. The number of nitrogens with one attached hydrogen (secondary N) is 1. The molecule has 1 amide bonds. The van der Waals surface area contributed by atoms with Gasteiger partial charge in [0.25, 0.3) is 11.5 Å². The molecule has 0 bridgehead atoms. The Labute approximate surface area is 181 Å². The molecule has 3 aromatic rings. The first-order chi connectivity index (χ1) is 14.9. The van der Waals surface area contributed by atoms with Crippen molar-refractivity contribution in [1.82, 2.24) is 9.78 Å². The first kappa shape index (κ1) is 22.0. The summed E-state index contributed by atoms with van der Waals surface area (Å²) in [6.45, 7) is 1.15. The Balaban J connectivity index is 1.86. The molecule has 3 rings (SSSR count). The van der Waals surface area contributed by atoms with Gasteiger partial charge in [0.1, 0.15) is 5.82 Å². The van der Waals surface area contributed by atoms with E-state index in [0.29, 0.717) is 10.7 Å². The van der Waals surface area contributed by atoms with Crippen molar-refractivity contribution >= 4 is 29.2 Å². The highest BCUT2D eigenvalue weighted by atomic mass is 35.5. The van der Waals surface area contributed by atoms with E-state index in [4.69, 9.17) is 21.1 Å². The highest BCUT2D eigenvalue weighted by Crippen LogP contribution is 2.21. The zero-order chi connectivity index (χ0) is 22.4. The molecular weight excluding hydrogens is 429 g/mol. The molecule has 0 aliphatic rings. The number of ether oxygens (including phenoxy) is 2. The number of anilines is 1. The van der Waals surface area contributed by atoms with Crippen LogP contribution in [0.5, 0.6) is 5.75 Å². The topological polar surface area (TPSA) is 99.5 Å². The van der Waals surface area contributed by atoms with E-state index in [1.807, 2.05) is 0 Å².